The summed E-state index contributed by atoms with van der Waals surface area (Å²) < 4.78 is 5.63. The highest BCUT2D eigenvalue weighted by Crippen LogP contribution is 2.22. The standard InChI is InChI=1S/C21H22ClN3O2/c22-18-9-7-17(8-10-18)20-19(15-24-25-20)21(26)23-12-4-13-27-14-11-16-5-2-1-3-6-16/h1-3,5-10,15H,4,11-14H2,(H,23,26)(H,24,25). The van der Waals surface area contributed by atoms with Gasteiger partial charge in [-0.15, -0.1) is 0 Å². The van der Waals surface area contributed by atoms with Crippen LogP contribution in [0.1, 0.15) is 22.3 Å². The molecule has 0 saturated carbocycles. The van der Waals surface area contributed by atoms with Gasteiger partial charge in [-0.3, -0.25) is 9.89 Å². The van der Waals surface area contributed by atoms with Gasteiger partial charge in [-0.2, -0.15) is 5.10 Å². The molecule has 0 aliphatic rings. The van der Waals surface area contributed by atoms with Crippen LogP contribution in [0, 0.1) is 0 Å². The minimum absolute atomic E-state index is 0.155. The molecule has 5 nitrogen and oxygen atoms in total. The summed E-state index contributed by atoms with van der Waals surface area (Å²) in [4.78, 5) is 12.4. The van der Waals surface area contributed by atoms with Gasteiger partial charge in [-0.25, -0.2) is 0 Å². The van der Waals surface area contributed by atoms with E-state index in [1.807, 2.05) is 30.3 Å². The Kier molecular flexibility index (Phi) is 7.02. The second-order valence-corrected chi connectivity index (χ2v) is 6.56. The fourth-order valence-electron chi connectivity index (χ4n) is 2.70. The first-order chi connectivity index (χ1) is 13.2. The summed E-state index contributed by atoms with van der Waals surface area (Å²) in [6.45, 7) is 1.85. The van der Waals surface area contributed by atoms with E-state index in [1.165, 1.54) is 11.8 Å². The average molecular weight is 384 g/mol. The van der Waals surface area contributed by atoms with Crippen molar-refractivity contribution < 1.29 is 9.53 Å². The van der Waals surface area contributed by atoms with Crippen molar-refractivity contribution in [1.82, 2.24) is 15.5 Å². The molecule has 1 heterocycles. The molecule has 3 aromatic rings. The minimum atomic E-state index is -0.155. The SMILES string of the molecule is O=C(NCCCOCCc1ccccc1)c1cn[nH]c1-c1ccc(Cl)cc1. The summed E-state index contributed by atoms with van der Waals surface area (Å²) in [5.41, 5.74) is 3.33. The highest BCUT2D eigenvalue weighted by molar-refractivity contribution is 6.30. The van der Waals surface area contributed by atoms with Crippen molar-refractivity contribution in [3.8, 4) is 11.3 Å². The minimum Gasteiger partial charge on any atom is -0.381 e. The fourth-order valence-corrected chi connectivity index (χ4v) is 2.83. The Balaban J connectivity index is 1.39. The molecule has 2 aromatic carbocycles. The Morgan fingerprint density at radius 2 is 1.85 bits per heavy atom. The van der Waals surface area contributed by atoms with Gasteiger partial charge in [0, 0.05) is 23.7 Å². The molecule has 6 heteroatoms. The van der Waals surface area contributed by atoms with Crippen LogP contribution >= 0.6 is 11.6 Å². The maximum atomic E-state index is 12.4. The average Bonchev–Trinajstić information content (AvgIpc) is 3.18. The van der Waals surface area contributed by atoms with Crippen molar-refractivity contribution in [2.45, 2.75) is 12.8 Å². The molecular weight excluding hydrogens is 362 g/mol. The molecule has 0 aliphatic heterocycles. The number of nitrogens with one attached hydrogen (secondary N) is 2. The molecule has 0 unspecified atom stereocenters. The summed E-state index contributed by atoms with van der Waals surface area (Å²) in [7, 11) is 0. The van der Waals surface area contributed by atoms with Crippen LogP contribution in [0.4, 0.5) is 0 Å². The highest BCUT2D eigenvalue weighted by atomic mass is 35.5. The Morgan fingerprint density at radius 1 is 1.07 bits per heavy atom. The van der Waals surface area contributed by atoms with Gasteiger partial charge in [0.1, 0.15) is 0 Å². The number of aromatic nitrogens is 2. The molecule has 0 bridgehead atoms. The van der Waals surface area contributed by atoms with Gasteiger partial charge >= 0.3 is 0 Å². The van der Waals surface area contributed by atoms with Gasteiger partial charge in [-0.1, -0.05) is 54.1 Å². The van der Waals surface area contributed by atoms with Gasteiger partial charge in [0.05, 0.1) is 24.1 Å². The zero-order valence-electron chi connectivity index (χ0n) is 15.0. The molecule has 0 saturated heterocycles. The molecule has 0 radical (unpaired) electrons. The molecule has 0 aliphatic carbocycles. The lowest BCUT2D eigenvalue weighted by Gasteiger charge is -2.07. The van der Waals surface area contributed by atoms with E-state index in [0.717, 1.165) is 18.4 Å². The van der Waals surface area contributed by atoms with E-state index >= 15 is 0 Å². The van der Waals surface area contributed by atoms with Crippen molar-refractivity contribution in [2.24, 2.45) is 0 Å². The number of rotatable bonds is 9. The lowest BCUT2D eigenvalue weighted by atomic mass is 10.1. The summed E-state index contributed by atoms with van der Waals surface area (Å²) in [5.74, 6) is -0.155. The smallest absolute Gasteiger partial charge is 0.255 e. The number of aromatic amines is 1. The van der Waals surface area contributed by atoms with Gasteiger partial charge in [0.25, 0.3) is 5.91 Å². The molecule has 1 aromatic heterocycles. The molecule has 0 atom stereocenters. The van der Waals surface area contributed by atoms with E-state index in [1.54, 1.807) is 12.1 Å². The Bertz CT molecular complexity index is 847. The maximum Gasteiger partial charge on any atom is 0.255 e. The van der Waals surface area contributed by atoms with E-state index in [-0.39, 0.29) is 5.91 Å². The Labute approximate surface area is 163 Å². The third-order valence-electron chi connectivity index (χ3n) is 4.15. The lowest BCUT2D eigenvalue weighted by molar-refractivity contribution is 0.0943. The van der Waals surface area contributed by atoms with E-state index in [9.17, 15) is 4.79 Å². The van der Waals surface area contributed by atoms with Crippen LogP contribution in [-0.2, 0) is 11.2 Å². The largest absolute Gasteiger partial charge is 0.381 e. The monoisotopic (exact) mass is 383 g/mol. The van der Waals surface area contributed by atoms with Gasteiger partial charge < -0.3 is 10.1 Å². The summed E-state index contributed by atoms with van der Waals surface area (Å²) >= 11 is 5.91. The van der Waals surface area contributed by atoms with Crippen LogP contribution in [0.3, 0.4) is 0 Å². The van der Waals surface area contributed by atoms with E-state index in [0.29, 0.717) is 36.0 Å². The quantitative estimate of drug-likeness (QED) is 0.546. The predicted molar refractivity (Wildman–Crippen MR) is 107 cm³/mol. The number of benzene rings is 2. The predicted octanol–water partition coefficient (Wildman–Crippen LogP) is 4.11. The van der Waals surface area contributed by atoms with Crippen molar-refractivity contribution in [2.75, 3.05) is 19.8 Å². The zero-order valence-corrected chi connectivity index (χ0v) is 15.7. The molecule has 27 heavy (non-hydrogen) atoms. The maximum absolute atomic E-state index is 12.4. The number of amides is 1. The van der Waals surface area contributed by atoms with Gasteiger partial charge in [0.15, 0.2) is 0 Å². The van der Waals surface area contributed by atoms with Crippen molar-refractivity contribution in [1.29, 1.82) is 0 Å². The van der Waals surface area contributed by atoms with E-state index < -0.39 is 0 Å². The van der Waals surface area contributed by atoms with Crippen molar-refractivity contribution in [3.63, 3.8) is 0 Å². The van der Waals surface area contributed by atoms with Crippen LogP contribution in [0.25, 0.3) is 11.3 Å². The number of ether oxygens (including phenoxy) is 1. The zero-order chi connectivity index (χ0) is 18.9. The number of carbonyl (C=O) groups is 1. The number of halogens is 1. The Morgan fingerprint density at radius 3 is 2.63 bits per heavy atom. The molecule has 0 fully saturated rings. The molecule has 0 spiro atoms. The van der Waals surface area contributed by atoms with Crippen molar-refractivity contribution in [3.05, 3.63) is 76.9 Å². The fraction of sp³-hybridized carbons (Fsp3) is 0.238. The first kappa shape index (κ1) is 19.1. The molecule has 3 rings (SSSR count). The molecule has 140 valence electrons. The van der Waals surface area contributed by atoms with Crippen LogP contribution in [0.2, 0.25) is 5.02 Å². The summed E-state index contributed by atoms with van der Waals surface area (Å²) in [6.07, 6.45) is 3.19. The molecule has 2 N–H and O–H groups in total. The second kappa shape index (κ2) is 9.90. The molecular formula is C21H22ClN3O2. The summed E-state index contributed by atoms with van der Waals surface area (Å²) in [5, 5.41) is 10.4. The van der Waals surface area contributed by atoms with Crippen LogP contribution in [0.5, 0.6) is 0 Å². The lowest BCUT2D eigenvalue weighted by Crippen LogP contribution is -2.25. The van der Waals surface area contributed by atoms with Gasteiger partial charge in [-0.05, 0) is 30.5 Å². The number of hydrogen-bond acceptors (Lipinski definition) is 3. The first-order valence-electron chi connectivity index (χ1n) is 8.93. The highest BCUT2D eigenvalue weighted by Gasteiger charge is 2.14. The Hall–Kier alpha value is -2.63. The second-order valence-electron chi connectivity index (χ2n) is 6.12. The van der Waals surface area contributed by atoms with Gasteiger partial charge in [0.2, 0.25) is 0 Å². The number of carbonyl (C=O) groups excluding carboxylic acids is 1. The third kappa shape index (κ3) is 5.67. The topological polar surface area (TPSA) is 67.0 Å². The van der Waals surface area contributed by atoms with Crippen LogP contribution in [-0.4, -0.2) is 35.9 Å². The molecule has 1 amide bonds. The van der Waals surface area contributed by atoms with E-state index in [4.69, 9.17) is 16.3 Å². The first-order valence-corrected chi connectivity index (χ1v) is 9.31. The van der Waals surface area contributed by atoms with Crippen LogP contribution in [0.15, 0.2) is 60.8 Å². The number of H-pyrrole nitrogens is 1. The number of hydrogen-bond donors (Lipinski definition) is 2. The third-order valence-corrected chi connectivity index (χ3v) is 4.40. The normalized spacial score (nSPS) is 10.7. The summed E-state index contributed by atoms with van der Waals surface area (Å²) in [6, 6.07) is 17.5. The van der Waals surface area contributed by atoms with E-state index in [2.05, 4.69) is 27.6 Å². The van der Waals surface area contributed by atoms with Crippen LogP contribution < -0.4 is 5.32 Å². The number of nitrogens with zero attached hydrogens (tertiary/aromatic N) is 1. The van der Waals surface area contributed by atoms with Crippen molar-refractivity contribution >= 4 is 17.5 Å².